The van der Waals surface area contributed by atoms with Crippen LogP contribution in [-0.2, 0) is 6.18 Å². The minimum Gasteiger partial charge on any atom is -0.496 e. The highest BCUT2D eigenvalue weighted by molar-refractivity contribution is 5.95. The van der Waals surface area contributed by atoms with Crippen molar-refractivity contribution in [3.63, 3.8) is 0 Å². The SMILES string of the molecule is COc1cc(-c2ccc(C(F)(F)F)cn2)nc2cc(C(=O)O)ccc12. The summed E-state index contributed by atoms with van der Waals surface area (Å²) in [4.78, 5) is 19.2. The third-order valence-corrected chi connectivity index (χ3v) is 3.59. The van der Waals surface area contributed by atoms with Crippen molar-refractivity contribution < 1.29 is 27.8 Å². The van der Waals surface area contributed by atoms with Crippen LogP contribution in [-0.4, -0.2) is 28.2 Å². The second-order valence-corrected chi connectivity index (χ2v) is 5.18. The number of fused-ring (bicyclic) bond motifs is 1. The van der Waals surface area contributed by atoms with Crippen molar-refractivity contribution in [3.05, 3.63) is 53.7 Å². The van der Waals surface area contributed by atoms with Crippen LogP contribution in [0.3, 0.4) is 0 Å². The standard InChI is InChI=1S/C17H11F3N2O3/c1-25-15-7-14(12-5-3-10(8-21-12)17(18,19)20)22-13-6-9(16(23)24)2-4-11(13)15/h2-8H,1H3,(H,23,24). The maximum absolute atomic E-state index is 12.6. The van der Waals surface area contributed by atoms with E-state index in [4.69, 9.17) is 9.84 Å². The van der Waals surface area contributed by atoms with Crippen molar-refractivity contribution in [2.75, 3.05) is 7.11 Å². The van der Waals surface area contributed by atoms with Crippen LogP contribution in [0.1, 0.15) is 15.9 Å². The van der Waals surface area contributed by atoms with Crippen LogP contribution in [0.2, 0.25) is 0 Å². The average Bonchev–Trinajstić information content (AvgIpc) is 2.59. The molecule has 128 valence electrons. The molecule has 2 heterocycles. The van der Waals surface area contributed by atoms with Gasteiger partial charge in [-0.3, -0.25) is 4.98 Å². The van der Waals surface area contributed by atoms with E-state index in [9.17, 15) is 18.0 Å². The predicted octanol–water partition coefficient (Wildman–Crippen LogP) is 4.02. The Morgan fingerprint density at radius 2 is 1.88 bits per heavy atom. The van der Waals surface area contributed by atoms with Crippen LogP contribution < -0.4 is 4.74 Å². The Balaban J connectivity index is 2.14. The molecule has 0 saturated heterocycles. The highest BCUT2D eigenvalue weighted by Crippen LogP contribution is 2.32. The van der Waals surface area contributed by atoms with Gasteiger partial charge in [-0.25, -0.2) is 9.78 Å². The van der Waals surface area contributed by atoms with E-state index in [1.54, 1.807) is 12.1 Å². The monoisotopic (exact) mass is 348 g/mol. The van der Waals surface area contributed by atoms with Crippen LogP contribution in [0.5, 0.6) is 5.75 Å². The van der Waals surface area contributed by atoms with Crippen molar-refractivity contribution in [1.82, 2.24) is 9.97 Å². The molecule has 2 aromatic heterocycles. The van der Waals surface area contributed by atoms with Gasteiger partial charge in [0.05, 0.1) is 35.1 Å². The summed E-state index contributed by atoms with van der Waals surface area (Å²) in [6.45, 7) is 0. The molecule has 8 heteroatoms. The van der Waals surface area contributed by atoms with E-state index in [0.717, 1.165) is 12.3 Å². The molecule has 5 nitrogen and oxygen atoms in total. The quantitative estimate of drug-likeness (QED) is 0.774. The number of ether oxygens (including phenoxy) is 1. The summed E-state index contributed by atoms with van der Waals surface area (Å²) in [5, 5.41) is 9.67. The second kappa shape index (κ2) is 6.04. The molecule has 0 aliphatic rings. The molecule has 0 spiro atoms. The minimum absolute atomic E-state index is 0.0413. The first-order valence-electron chi connectivity index (χ1n) is 7.05. The number of carboxylic acid groups (broad SMARTS) is 1. The fourth-order valence-electron chi connectivity index (χ4n) is 2.34. The number of aromatic carboxylic acids is 1. The molecule has 3 rings (SSSR count). The highest BCUT2D eigenvalue weighted by Gasteiger charge is 2.30. The van der Waals surface area contributed by atoms with Crippen molar-refractivity contribution >= 4 is 16.9 Å². The lowest BCUT2D eigenvalue weighted by Crippen LogP contribution is -2.05. The first-order valence-corrected chi connectivity index (χ1v) is 7.05. The van der Waals surface area contributed by atoms with Gasteiger partial charge < -0.3 is 9.84 Å². The molecule has 1 aromatic carbocycles. The van der Waals surface area contributed by atoms with Crippen LogP contribution in [0.15, 0.2) is 42.6 Å². The third-order valence-electron chi connectivity index (χ3n) is 3.59. The zero-order valence-corrected chi connectivity index (χ0v) is 12.8. The van der Waals surface area contributed by atoms with Crippen LogP contribution >= 0.6 is 0 Å². The lowest BCUT2D eigenvalue weighted by atomic mass is 10.1. The van der Waals surface area contributed by atoms with Gasteiger partial charge in [0.2, 0.25) is 0 Å². The number of benzene rings is 1. The molecular formula is C17H11F3N2O3. The Bertz CT molecular complexity index is 954. The molecule has 0 aliphatic heterocycles. The molecule has 0 fully saturated rings. The minimum atomic E-state index is -4.48. The van der Waals surface area contributed by atoms with Gasteiger partial charge in [0.25, 0.3) is 0 Å². The van der Waals surface area contributed by atoms with Gasteiger partial charge >= 0.3 is 12.1 Å². The van der Waals surface area contributed by atoms with Gasteiger partial charge in [0.15, 0.2) is 0 Å². The molecule has 0 radical (unpaired) electrons. The number of hydrogen-bond acceptors (Lipinski definition) is 4. The maximum Gasteiger partial charge on any atom is 0.417 e. The summed E-state index contributed by atoms with van der Waals surface area (Å²) in [6.07, 6.45) is -3.75. The van der Waals surface area contributed by atoms with E-state index in [1.165, 1.54) is 25.3 Å². The van der Waals surface area contributed by atoms with Gasteiger partial charge in [-0.15, -0.1) is 0 Å². The summed E-state index contributed by atoms with van der Waals surface area (Å²) in [6, 6.07) is 8.01. The summed E-state index contributed by atoms with van der Waals surface area (Å²) < 4.78 is 43.2. The van der Waals surface area contributed by atoms with Crippen molar-refractivity contribution in [3.8, 4) is 17.1 Å². The molecule has 3 aromatic rings. The summed E-state index contributed by atoms with van der Waals surface area (Å²) in [7, 11) is 1.43. The highest BCUT2D eigenvalue weighted by atomic mass is 19.4. The van der Waals surface area contributed by atoms with Crippen LogP contribution in [0, 0.1) is 0 Å². The number of carboxylic acids is 1. The van der Waals surface area contributed by atoms with E-state index in [1.807, 2.05) is 0 Å². The van der Waals surface area contributed by atoms with Crippen molar-refractivity contribution in [2.24, 2.45) is 0 Å². The lowest BCUT2D eigenvalue weighted by molar-refractivity contribution is -0.137. The number of methoxy groups -OCH3 is 1. The third kappa shape index (κ3) is 3.23. The Morgan fingerprint density at radius 1 is 1.12 bits per heavy atom. The molecule has 0 unspecified atom stereocenters. The number of aromatic nitrogens is 2. The summed E-state index contributed by atoms with van der Waals surface area (Å²) >= 11 is 0. The number of halogens is 3. The molecule has 0 atom stereocenters. The Labute approximate surface area is 139 Å². The largest absolute Gasteiger partial charge is 0.496 e. The normalized spacial score (nSPS) is 11.5. The van der Waals surface area contributed by atoms with Crippen molar-refractivity contribution in [1.29, 1.82) is 0 Å². The Morgan fingerprint density at radius 3 is 2.44 bits per heavy atom. The number of hydrogen-bond donors (Lipinski definition) is 1. The average molecular weight is 348 g/mol. The molecular weight excluding hydrogens is 337 g/mol. The zero-order chi connectivity index (χ0) is 18.2. The summed E-state index contributed by atoms with van der Waals surface area (Å²) in [5.74, 6) is -0.695. The van der Waals surface area contributed by atoms with Gasteiger partial charge in [0, 0.05) is 17.6 Å². The van der Waals surface area contributed by atoms with E-state index >= 15 is 0 Å². The predicted molar refractivity (Wildman–Crippen MR) is 83.5 cm³/mol. The van der Waals surface area contributed by atoms with E-state index < -0.39 is 17.7 Å². The number of pyridine rings is 2. The number of alkyl halides is 3. The van der Waals surface area contributed by atoms with E-state index in [-0.39, 0.29) is 17.0 Å². The lowest BCUT2D eigenvalue weighted by Gasteiger charge is -2.10. The molecule has 0 amide bonds. The van der Waals surface area contributed by atoms with Gasteiger partial charge in [-0.1, -0.05) is 0 Å². The first-order chi connectivity index (χ1) is 11.8. The van der Waals surface area contributed by atoms with Gasteiger partial charge in [-0.05, 0) is 30.3 Å². The number of carbonyl (C=O) groups is 1. The topological polar surface area (TPSA) is 72.3 Å². The number of nitrogens with zero attached hydrogens (tertiary/aromatic N) is 2. The molecule has 1 N–H and O–H groups in total. The van der Waals surface area contributed by atoms with E-state index in [0.29, 0.717) is 16.7 Å². The molecule has 25 heavy (non-hydrogen) atoms. The second-order valence-electron chi connectivity index (χ2n) is 5.18. The first kappa shape index (κ1) is 16.7. The molecule has 0 bridgehead atoms. The van der Waals surface area contributed by atoms with Crippen LogP contribution in [0.4, 0.5) is 13.2 Å². The molecule has 0 aliphatic carbocycles. The maximum atomic E-state index is 12.6. The van der Waals surface area contributed by atoms with Crippen molar-refractivity contribution in [2.45, 2.75) is 6.18 Å². The van der Waals surface area contributed by atoms with Gasteiger partial charge in [0.1, 0.15) is 5.75 Å². The number of rotatable bonds is 3. The smallest absolute Gasteiger partial charge is 0.417 e. The van der Waals surface area contributed by atoms with Gasteiger partial charge in [-0.2, -0.15) is 13.2 Å². The zero-order valence-electron chi connectivity index (χ0n) is 12.8. The fraction of sp³-hybridized carbons (Fsp3) is 0.118. The van der Waals surface area contributed by atoms with Crippen LogP contribution in [0.25, 0.3) is 22.3 Å². The summed E-state index contributed by atoms with van der Waals surface area (Å²) in [5.41, 5.74) is 0.0160. The Hall–Kier alpha value is -3.16. The fourth-order valence-corrected chi connectivity index (χ4v) is 2.34. The van der Waals surface area contributed by atoms with E-state index in [2.05, 4.69) is 9.97 Å². The molecule has 0 saturated carbocycles. The Kier molecular flexibility index (Phi) is 4.03.